The molecular weight excluding hydrogens is 380 g/mol. The minimum Gasteiger partial charge on any atom is -0.204 e. The molecule has 0 aliphatic heterocycles. The second-order valence-electron chi connectivity index (χ2n) is 6.84. The van der Waals surface area contributed by atoms with Gasteiger partial charge in [0.15, 0.2) is 11.6 Å². The fourth-order valence-corrected chi connectivity index (χ4v) is 4.55. The highest BCUT2D eigenvalue weighted by Crippen LogP contribution is 2.36. The van der Waals surface area contributed by atoms with Crippen LogP contribution in [0.5, 0.6) is 0 Å². The van der Waals surface area contributed by atoms with Gasteiger partial charge in [-0.2, -0.15) is 4.99 Å². The molecule has 1 aromatic heterocycles. The minimum atomic E-state index is -0.745. The van der Waals surface area contributed by atoms with Gasteiger partial charge < -0.3 is 0 Å². The lowest BCUT2D eigenvalue weighted by atomic mass is 9.83. The van der Waals surface area contributed by atoms with Gasteiger partial charge in [-0.15, -0.1) is 11.3 Å². The molecule has 0 amide bonds. The Morgan fingerprint density at radius 3 is 2.22 bits per heavy atom. The van der Waals surface area contributed by atoms with Crippen LogP contribution in [0.1, 0.15) is 24.1 Å². The van der Waals surface area contributed by atoms with E-state index in [-0.39, 0.29) is 0 Å². The molecule has 0 saturated heterocycles. The standard InChI is InChI=1S/C22H17F2NS2/c23-19-11-17(12-20(24)22(19)25-13-26)15-4-6-16(7-5-15)21-9-8-18(27-21)10-14-2-1-3-14/h4-9,11-12,14H,1-3,10H2. The summed E-state index contributed by atoms with van der Waals surface area (Å²) in [5.41, 5.74) is 1.94. The molecule has 1 aliphatic rings. The van der Waals surface area contributed by atoms with Crippen molar-refractivity contribution in [2.75, 3.05) is 0 Å². The first-order valence-electron chi connectivity index (χ1n) is 8.90. The molecule has 0 N–H and O–H groups in total. The lowest BCUT2D eigenvalue weighted by molar-refractivity contribution is 0.316. The van der Waals surface area contributed by atoms with Gasteiger partial charge in [0.1, 0.15) is 5.69 Å². The molecule has 0 unspecified atom stereocenters. The summed E-state index contributed by atoms with van der Waals surface area (Å²) in [5, 5.41) is 2.00. The van der Waals surface area contributed by atoms with Crippen LogP contribution in [-0.2, 0) is 6.42 Å². The summed E-state index contributed by atoms with van der Waals surface area (Å²) in [6.07, 6.45) is 5.25. The zero-order valence-corrected chi connectivity index (χ0v) is 16.2. The van der Waals surface area contributed by atoms with E-state index in [1.807, 2.05) is 40.8 Å². The lowest BCUT2D eigenvalue weighted by Gasteiger charge is -2.24. The third kappa shape index (κ3) is 3.91. The number of isothiocyanates is 1. The average Bonchev–Trinajstić information content (AvgIpc) is 3.10. The number of halogens is 2. The Kier molecular flexibility index (Phi) is 5.26. The van der Waals surface area contributed by atoms with E-state index in [0.717, 1.165) is 17.0 Å². The molecule has 2 aromatic carbocycles. The maximum absolute atomic E-state index is 14.1. The molecule has 27 heavy (non-hydrogen) atoms. The predicted molar refractivity (Wildman–Crippen MR) is 111 cm³/mol. The zero-order chi connectivity index (χ0) is 18.8. The van der Waals surface area contributed by atoms with Crippen molar-refractivity contribution < 1.29 is 8.78 Å². The highest BCUT2D eigenvalue weighted by molar-refractivity contribution is 7.78. The van der Waals surface area contributed by atoms with Gasteiger partial charge in [-0.25, -0.2) is 8.78 Å². The normalized spacial score (nSPS) is 13.9. The Balaban J connectivity index is 1.56. The monoisotopic (exact) mass is 397 g/mol. The van der Waals surface area contributed by atoms with Crippen molar-refractivity contribution in [3.63, 3.8) is 0 Å². The fourth-order valence-electron chi connectivity index (χ4n) is 3.34. The average molecular weight is 398 g/mol. The van der Waals surface area contributed by atoms with Crippen molar-refractivity contribution >= 4 is 34.4 Å². The van der Waals surface area contributed by atoms with Crippen LogP contribution in [0.4, 0.5) is 14.5 Å². The highest BCUT2D eigenvalue weighted by Gasteiger charge is 2.18. The quantitative estimate of drug-likeness (QED) is 0.322. The second kappa shape index (κ2) is 7.81. The van der Waals surface area contributed by atoms with Gasteiger partial charge in [-0.1, -0.05) is 43.5 Å². The fraction of sp³-hybridized carbons (Fsp3) is 0.227. The molecule has 0 radical (unpaired) electrons. The first-order valence-corrected chi connectivity index (χ1v) is 10.1. The van der Waals surface area contributed by atoms with Gasteiger partial charge in [0.25, 0.3) is 0 Å². The van der Waals surface area contributed by atoms with Crippen molar-refractivity contribution in [1.29, 1.82) is 0 Å². The van der Waals surface area contributed by atoms with Gasteiger partial charge in [-0.3, -0.25) is 0 Å². The summed E-state index contributed by atoms with van der Waals surface area (Å²) in [5.74, 6) is -0.634. The van der Waals surface area contributed by atoms with E-state index in [0.29, 0.717) is 5.56 Å². The van der Waals surface area contributed by atoms with Crippen LogP contribution in [-0.4, -0.2) is 5.16 Å². The van der Waals surface area contributed by atoms with E-state index in [2.05, 4.69) is 29.3 Å². The van der Waals surface area contributed by atoms with Gasteiger partial charge in [-0.05, 0) is 65.5 Å². The van der Waals surface area contributed by atoms with Crippen LogP contribution in [0.2, 0.25) is 0 Å². The Labute approximate surface area is 166 Å². The van der Waals surface area contributed by atoms with Crippen LogP contribution >= 0.6 is 23.6 Å². The summed E-state index contributed by atoms with van der Waals surface area (Å²) < 4.78 is 28.1. The second-order valence-corrected chi connectivity index (χ2v) is 8.19. The number of benzene rings is 2. The molecule has 4 rings (SSSR count). The van der Waals surface area contributed by atoms with E-state index < -0.39 is 17.3 Å². The van der Waals surface area contributed by atoms with Gasteiger partial charge in [0.2, 0.25) is 0 Å². The molecule has 3 aromatic rings. The number of thiocarbonyl (C=S) groups is 1. The molecule has 1 heterocycles. The molecule has 5 heteroatoms. The summed E-state index contributed by atoms with van der Waals surface area (Å²) in [6, 6.07) is 14.7. The number of hydrogen-bond donors (Lipinski definition) is 0. The van der Waals surface area contributed by atoms with Gasteiger partial charge >= 0.3 is 0 Å². The Bertz CT molecular complexity index is 990. The predicted octanol–water partition coefficient (Wildman–Crippen LogP) is 7.44. The molecule has 1 saturated carbocycles. The minimum absolute atomic E-state index is 0.400. The van der Waals surface area contributed by atoms with Crippen molar-refractivity contribution in [2.24, 2.45) is 10.9 Å². The third-order valence-electron chi connectivity index (χ3n) is 5.05. The van der Waals surface area contributed by atoms with E-state index >= 15 is 0 Å². The molecule has 136 valence electrons. The van der Waals surface area contributed by atoms with Crippen molar-refractivity contribution in [1.82, 2.24) is 0 Å². The zero-order valence-electron chi connectivity index (χ0n) is 14.5. The van der Waals surface area contributed by atoms with E-state index in [4.69, 9.17) is 0 Å². The van der Waals surface area contributed by atoms with Gasteiger partial charge in [0.05, 0.1) is 5.16 Å². The molecule has 1 nitrogen and oxygen atoms in total. The van der Waals surface area contributed by atoms with Crippen LogP contribution in [0, 0.1) is 17.6 Å². The SMILES string of the molecule is Fc1cc(-c2ccc(-c3ccc(CC4CCC4)s3)cc2)cc(F)c1N=C=S. The van der Waals surface area contributed by atoms with Crippen molar-refractivity contribution in [3.8, 4) is 21.6 Å². The van der Waals surface area contributed by atoms with Crippen LogP contribution in [0.15, 0.2) is 53.5 Å². The summed E-state index contributed by atoms with van der Waals surface area (Å²) in [7, 11) is 0. The van der Waals surface area contributed by atoms with Crippen molar-refractivity contribution in [3.05, 3.63) is 65.0 Å². The smallest absolute Gasteiger partial charge is 0.153 e. The topological polar surface area (TPSA) is 12.4 Å². The van der Waals surface area contributed by atoms with Crippen molar-refractivity contribution in [2.45, 2.75) is 25.7 Å². The molecule has 0 atom stereocenters. The number of hydrogen-bond acceptors (Lipinski definition) is 3. The summed E-state index contributed by atoms with van der Waals surface area (Å²) in [6.45, 7) is 0. The summed E-state index contributed by atoms with van der Waals surface area (Å²) in [4.78, 5) is 6.09. The number of aliphatic imine (C=N–C) groups is 1. The Morgan fingerprint density at radius 2 is 1.63 bits per heavy atom. The molecule has 1 fully saturated rings. The Morgan fingerprint density at radius 1 is 0.963 bits per heavy atom. The molecule has 0 bridgehead atoms. The van der Waals surface area contributed by atoms with E-state index in [9.17, 15) is 8.78 Å². The van der Waals surface area contributed by atoms with Crippen LogP contribution in [0.3, 0.4) is 0 Å². The van der Waals surface area contributed by atoms with E-state index in [1.165, 1.54) is 47.6 Å². The van der Waals surface area contributed by atoms with Crippen LogP contribution in [0.25, 0.3) is 21.6 Å². The Hall–Kier alpha value is -2.20. The number of rotatable bonds is 5. The highest BCUT2D eigenvalue weighted by atomic mass is 32.1. The molecular formula is C22H17F2NS2. The molecule has 0 spiro atoms. The van der Waals surface area contributed by atoms with E-state index in [1.54, 1.807) is 0 Å². The maximum Gasteiger partial charge on any atom is 0.153 e. The largest absolute Gasteiger partial charge is 0.204 e. The maximum atomic E-state index is 14.1. The summed E-state index contributed by atoms with van der Waals surface area (Å²) >= 11 is 6.25. The number of nitrogens with zero attached hydrogens (tertiary/aromatic N) is 1. The first kappa shape index (κ1) is 18.2. The third-order valence-corrected chi connectivity index (χ3v) is 6.30. The lowest BCUT2D eigenvalue weighted by Crippen LogP contribution is -2.12. The van der Waals surface area contributed by atoms with Crippen LogP contribution < -0.4 is 0 Å². The molecule has 1 aliphatic carbocycles. The first-order chi connectivity index (χ1) is 13.1. The van der Waals surface area contributed by atoms with Gasteiger partial charge in [0, 0.05) is 9.75 Å². The number of thiophene rings is 1.